The number of aromatic nitrogens is 2. The summed E-state index contributed by atoms with van der Waals surface area (Å²) in [7, 11) is -3.41. The minimum atomic E-state index is -3.41. The Labute approximate surface area is 205 Å². The number of aromatic amines is 1. The van der Waals surface area contributed by atoms with Gasteiger partial charge in [0, 0.05) is 63.0 Å². The maximum absolute atomic E-state index is 12.6. The molecule has 3 aromatic rings. The first-order valence-corrected chi connectivity index (χ1v) is 12.1. The molecule has 11 heteroatoms. The fraction of sp³-hybridized carbons (Fsp3) is 0.429. The molecule has 0 radical (unpaired) electrons. The molecule has 32 heavy (non-hydrogen) atoms. The first-order valence-electron chi connectivity index (χ1n) is 10.5. The second-order valence-corrected chi connectivity index (χ2v) is 9.47. The summed E-state index contributed by atoms with van der Waals surface area (Å²) in [6.45, 7) is 5.48. The maximum atomic E-state index is 12.6. The zero-order valence-corrected chi connectivity index (χ0v) is 21.2. The van der Waals surface area contributed by atoms with Crippen molar-refractivity contribution < 1.29 is 12.9 Å². The average Bonchev–Trinajstić information content (AvgIpc) is 3.42. The number of fused-ring (bicyclic) bond motifs is 1. The summed E-state index contributed by atoms with van der Waals surface area (Å²) in [5.41, 5.74) is 2.72. The van der Waals surface area contributed by atoms with Gasteiger partial charge < -0.3 is 19.7 Å². The fourth-order valence-corrected chi connectivity index (χ4v) is 5.17. The van der Waals surface area contributed by atoms with Crippen molar-refractivity contribution in [1.29, 1.82) is 0 Å². The van der Waals surface area contributed by atoms with E-state index >= 15 is 0 Å². The van der Waals surface area contributed by atoms with Crippen LogP contribution in [-0.4, -0.2) is 73.0 Å². The van der Waals surface area contributed by atoms with E-state index in [0.717, 1.165) is 30.1 Å². The Morgan fingerprint density at radius 3 is 2.69 bits per heavy atom. The van der Waals surface area contributed by atoms with Crippen molar-refractivity contribution in [2.24, 2.45) is 4.99 Å². The molecule has 0 amide bonds. The van der Waals surface area contributed by atoms with Crippen LogP contribution < -0.4 is 5.32 Å². The van der Waals surface area contributed by atoms with E-state index in [1.165, 1.54) is 16.0 Å². The van der Waals surface area contributed by atoms with Crippen molar-refractivity contribution >= 4 is 50.9 Å². The van der Waals surface area contributed by atoms with Crippen LogP contribution in [0.4, 0.5) is 0 Å². The van der Waals surface area contributed by atoms with Gasteiger partial charge >= 0.3 is 0 Å². The Balaban J connectivity index is 0.00000289. The molecule has 2 aromatic heterocycles. The van der Waals surface area contributed by atoms with Crippen molar-refractivity contribution in [1.82, 2.24) is 24.7 Å². The number of hydrogen-bond acceptors (Lipinski definition) is 5. The Morgan fingerprint density at radius 1 is 1.22 bits per heavy atom. The van der Waals surface area contributed by atoms with E-state index < -0.39 is 10.0 Å². The van der Waals surface area contributed by atoms with Gasteiger partial charge in [0.25, 0.3) is 0 Å². The number of halogens is 1. The summed E-state index contributed by atoms with van der Waals surface area (Å²) in [6.07, 6.45) is 2.20. The first kappa shape index (κ1) is 24.5. The number of hydrogen-bond donors (Lipinski definition) is 2. The maximum Gasteiger partial charge on any atom is 0.220 e. The highest BCUT2D eigenvalue weighted by Gasteiger charge is 2.28. The number of benzene rings is 1. The number of sulfonamides is 1. The van der Waals surface area contributed by atoms with Crippen LogP contribution >= 0.6 is 24.0 Å². The third-order valence-corrected chi connectivity index (χ3v) is 7.13. The number of aliphatic imine (C=N–C) groups is 1. The molecular formula is C21H29IN6O3S. The molecule has 0 saturated carbocycles. The Hall–Kier alpha value is -2.12. The molecule has 174 valence electrons. The number of rotatable bonds is 7. The molecule has 2 N–H and O–H groups in total. The fourth-order valence-electron chi connectivity index (χ4n) is 3.74. The SMILES string of the molecule is CCNC(=NCCc1cc2ccccc2[nH]1)N1CCN(S(=O)(=O)Cc2ccon2)CC1.I. The molecule has 0 unspecified atom stereocenters. The van der Waals surface area contributed by atoms with Gasteiger partial charge in [0.1, 0.15) is 12.0 Å². The van der Waals surface area contributed by atoms with Gasteiger partial charge in [-0.25, -0.2) is 8.42 Å². The molecule has 0 spiro atoms. The van der Waals surface area contributed by atoms with E-state index in [0.29, 0.717) is 38.4 Å². The third-order valence-electron chi connectivity index (χ3n) is 5.32. The van der Waals surface area contributed by atoms with Gasteiger partial charge in [-0.05, 0) is 24.4 Å². The molecule has 1 aromatic carbocycles. The largest absolute Gasteiger partial charge is 0.364 e. The monoisotopic (exact) mass is 572 g/mol. The molecular weight excluding hydrogens is 543 g/mol. The van der Waals surface area contributed by atoms with E-state index in [9.17, 15) is 8.42 Å². The summed E-state index contributed by atoms with van der Waals surface area (Å²) in [6, 6.07) is 12.0. The molecule has 0 bridgehead atoms. The smallest absolute Gasteiger partial charge is 0.220 e. The summed E-state index contributed by atoms with van der Waals surface area (Å²) in [5, 5.41) is 8.25. The average molecular weight is 572 g/mol. The lowest BCUT2D eigenvalue weighted by atomic mass is 10.2. The standard InChI is InChI=1S/C21H28N6O3S.HI/c1-2-22-21(23-9-7-18-15-17-5-3-4-6-20(17)24-18)26-10-12-27(13-11-26)31(28,29)16-19-8-14-30-25-19;/h3-6,8,14-15,24H,2,7,9-13,16H2,1H3,(H,22,23);1H. The first-order chi connectivity index (χ1) is 15.0. The van der Waals surface area contributed by atoms with Crippen LogP contribution in [0.5, 0.6) is 0 Å². The lowest BCUT2D eigenvalue weighted by Gasteiger charge is -2.35. The van der Waals surface area contributed by atoms with Crippen molar-refractivity contribution in [2.75, 3.05) is 39.3 Å². The van der Waals surface area contributed by atoms with Gasteiger partial charge in [0.05, 0.1) is 5.69 Å². The molecule has 1 aliphatic heterocycles. The summed E-state index contributed by atoms with van der Waals surface area (Å²) in [5.74, 6) is 0.689. The van der Waals surface area contributed by atoms with E-state index in [-0.39, 0.29) is 29.7 Å². The van der Waals surface area contributed by atoms with Crippen LogP contribution in [-0.2, 0) is 22.2 Å². The predicted octanol–water partition coefficient (Wildman–Crippen LogP) is 2.43. The quantitative estimate of drug-likeness (QED) is 0.256. The highest BCUT2D eigenvalue weighted by Crippen LogP contribution is 2.15. The second kappa shape index (κ2) is 11.1. The predicted molar refractivity (Wildman–Crippen MR) is 136 cm³/mol. The minimum Gasteiger partial charge on any atom is -0.364 e. The summed E-state index contributed by atoms with van der Waals surface area (Å²) < 4.78 is 31.5. The highest BCUT2D eigenvalue weighted by molar-refractivity contribution is 14.0. The van der Waals surface area contributed by atoms with Crippen molar-refractivity contribution in [3.05, 3.63) is 54.0 Å². The zero-order chi connectivity index (χ0) is 21.7. The van der Waals surface area contributed by atoms with Gasteiger partial charge in [-0.3, -0.25) is 4.99 Å². The summed E-state index contributed by atoms with van der Waals surface area (Å²) >= 11 is 0. The molecule has 3 heterocycles. The zero-order valence-electron chi connectivity index (χ0n) is 18.0. The lowest BCUT2D eigenvalue weighted by Crippen LogP contribution is -2.54. The molecule has 4 rings (SSSR count). The van der Waals surface area contributed by atoms with Crippen LogP contribution in [0.15, 0.2) is 52.2 Å². The summed E-state index contributed by atoms with van der Waals surface area (Å²) in [4.78, 5) is 10.3. The van der Waals surface area contributed by atoms with Crippen LogP contribution in [0.3, 0.4) is 0 Å². The second-order valence-electron chi connectivity index (χ2n) is 7.50. The van der Waals surface area contributed by atoms with Gasteiger partial charge in [-0.2, -0.15) is 4.31 Å². The Morgan fingerprint density at radius 2 is 2.00 bits per heavy atom. The molecule has 0 atom stereocenters. The minimum absolute atomic E-state index is 0. The third kappa shape index (κ3) is 6.01. The van der Waals surface area contributed by atoms with E-state index in [4.69, 9.17) is 9.52 Å². The number of nitrogens with one attached hydrogen (secondary N) is 2. The van der Waals surface area contributed by atoms with Gasteiger partial charge in [-0.1, -0.05) is 23.4 Å². The normalized spacial score (nSPS) is 15.7. The molecule has 0 aliphatic carbocycles. The van der Waals surface area contributed by atoms with Crippen molar-refractivity contribution in [2.45, 2.75) is 19.1 Å². The van der Waals surface area contributed by atoms with Crippen LogP contribution in [0.2, 0.25) is 0 Å². The Bertz CT molecular complexity index is 1090. The number of nitrogens with zero attached hydrogens (tertiary/aromatic N) is 4. The van der Waals surface area contributed by atoms with Crippen molar-refractivity contribution in [3.63, 3.8) is 0 Å². The molecule has 9 nitrogen and oxygen atoms in total. The van der Waals surface area contributed by atoms with Gasteiger partial charge in [0.2, 0.25) is 10.0 Å². The van der Waals surface area contributed by atoms with E-state index in [1.807, 2.05) is 19.1 Å². The van der Waals surface area contributed by atoms with E-state index in [1.54, 1.807) is 6.07 Å². The van der Waals surface area contributed by atoms with Crippen LogP contribution in [0.1, 0.15) is 18.3 Å². The topological polar surface area (TPSA) is 107 Å². The van der Waals surface area contributed by atoms with Gasteiger partial charge in [-0.15, -0.1) is 24.0 Å². The number of guanidine groups is 1. The van der Waals surface area contributed by atoms with Gasteiger partial charge in [0.15, 0.2) is 5.96 Å². The number of para-hydroxylation sites is 1. The van der Waals surface area contributed by atoms with Crippen LogP contribution in [0.25, 0.3) is 10.9 Å². The molecule has 1 aliphatic rings. The molecule has 1 fully saturated rings. The van der Waals surface area contributed by atoms with E-state index in [2.05, 4.69) is 38.6 Å². The van der Waals surface area contributed by atoms with Crippen molar-refractivity contribution in [3.8, 4) is 0 Å². The Kier molecular flexibility index (Phi) is 8.54. The highest BCUT2D eigenvalue weighted by atomic mass is 127. The molecule has 1 saturated heterocycles. The number of piperazine rings is 1. The van der Waals surface area contributed by atoms with Crippen LogP contribution in [0, 0.1) is 0 Å². The lowest BCUT2D eigenvalue weighted by molar-refractivity contribution is 0.260. The number of H-pyrrole nitrogens is 1.